The van der Waals surface area contributed by atoms with Crippen molar-refractivity contribution in [2.45, 2.75) is 25.5 Å². The molecule has 1 rings (SSSR count). The molecule has 0 aromatic heterocycles. The third-order valence-electron chi connectivity index (χ3n) is 1.83. The SMILES string of the molecule is C=CCC(O)C1C=C(C)[C-]=CN1.[V]. The predicted octanol–water partition coefficient (Wildman–Crippen LogP) is 1.16. The molecule has 0 aliphatic carbocycles. The Hall–Kier alpha value is -0.436. The molecular formula is C10H14NOV-. The molecule has 0 saturated carbocycles. The Bertz CT molecular complexity index is 223. The molecule has 2 unspecified atom stereocenters. The van der Waals surface area contributed by atoms with Crippen LogP contribution in [-0.2, 0) is 18.6 Å². The Morgan fingerprint density at radius 3 is 3.08 bits per heavy atom. The normalized spacial score (nSPS) is 22.3. The molecule has 2 nitrogen and oxygen atoms in total. The fourth-order valence-electron chi connectivity index (χ4n) is 1.16. The minimum Gasteiger partial charge on any atom is -0.415 e. The zero-order valence-electron chi connectivity index (χ0n) is 7.70. The average molecular weight is 215 g/mol. The van der Waals surface area contributed by atoms with Gasteiger partial charge < -0.3 is 10.4 Å². The molecule has 0 aromatic rings. The van der Waals surface area contributed by atoms with Crippen LogP contribution < -0.4 is 5.32 Å². The van der Waals surface area contributed by atoms with E-state index in [-0.39, 0.29) is 24.6 Å². The Balaban J connectivity index is 0.00000144. The van der Waals surface area contributed by atoms with Gasteiger partial charge in [-0.25, -0.2) is 17.7 Å². The molecule has 13 heavy (non-hydrogen) atoms. The number of aliphatic hydroxyl groups excluding tert-OH is 1. The standard InChI is InChI=1S/C10H14NO.V/c1-3-4-10(12)9-7-8(2)5-6-11-9;/h3,6-7,9-12H,1,4H2,2H3;/q-1;. The number of rotatable bonds is 3. The third kappa shape index (κ3) is 3.86. The summed E-state index contributed by atoms with van der Waals surface area (Å²) in [6.45, 7) is 5.54. The number of dihydropyridines is 1. The van der Waals surface area contributed by atoms with Gasteiger partial charge in [-0.05, 0) is 6.42 Å². The van der Waals surface area contributed by atoms with Crippen LogP contribution in [0.4, 0.5) is 0 Å². The second-order valence-electron chi connectivity index (χ2n) is 2.92. The molecule has 0 fully saturated rings. The zero-order valence-corrected chi connectivity index (χ0v) is 9.09. The quantitative estimate of drug-likeness (QED) is 0.547. The molecule has 1 aliphatic heterocycles. The Morgan fingerprint density at radius 1 is 1.85 bits per heavy atom. The van der Waals surface area contributed by atoms with Crippen molar-refractivity contribution in [3.63, 3.8) is 0 Å². The molecular weight excluding hydrogens is 201 g/mol. The summed E-state index contributed by atoms with van der Waals surface area (Å²) < 4.78 is 0. The van der Waals surface area contributed by atoms with Gasteiger partial charge in [-0.2, -0.15) is 0 Å². The van der Waals surface area contributed by atoms with Crippen molar-refractivity contribution in [1.29, 1.82) is 0 Å². The summed E-state index contributed by atoms with van der Waals surface area (Å²) in [6.07, 6.45) is 8.64. The molecule has 0 bridgehead atoms. The molecule has 2 N–H and O–H groups in total. The summed E-state index contributed by atoms with van der Waals surface area (Å²) in [5, 5.41) is 12.6. The van der Waals surface area contributed by atoms with E-state index in [1.165, 1.54) is 0 Å². The molecule has 1 radical (unpaired) electrons. The molecule has 0 spiro atoms. The first-order chi connectivity index (χ1) is 5.74. The van der Waals surface area contributed by atoms with Gasteiger partial charge in [0, 0.05) is 24.6 Å². The third-order valence-corrected chi connectivity index (χ3v) is 1.83. The van der Waals surface area contributed by atoms with E-state index in [9.17, 15) is 5.11 Å². The number of nitrogens with one attached hydrogen (secondary N) is 1. The van der Waals surface area contributed by atoms with Crippen LogP contribution in [0.2, 0.25) is 0 Å². The van der Waals surface area contributed by atoms with Gasteiger partial charge in [-0.1, -0.05) is 19.2 Å². The molecule has 3 heteroatoms. The molecule has 0 aromatic carbocycles. The van der Waals surface area contributed by atoms with Gasteiger partial charge in [0.1, 0.15) is 0 Å². The maximum Gasteiger partial charge on any atom is 0.0654 e. The van der Waals surface area contributed by atoms with Crippen molar-refractivity contribution < 1.29 is 23.7 Å². The number of allylic oxidation sites excluding steroid dienone is 2. The first-order valence-electron chi connectivity index (χ1n) is 4.05. The maximum absolute atomic E-state index is 9.57. The van der Waals surface area contributed by atoms with Crippen LogP contribution in [0.1, 0.15) is 13.3 Å². The van der Waals surface area contributed by atoms with Crippen molar-refractivity contribution in [2.24, 2.45) is 0 Å². The van der Waals surface area contributed by atoms with Crippen LogP contribution in [0, 0.1) is 6.08 Å². The van der Waals surface area contributed by atoms with E-state index >= 15 is 0 Å². The first-order valence-corrected chi connectivity index (χ1v) is 4.05. The molecule has 1 heterocycles. The molecule has 0 amide bonds. The second kappa shape index (κ2) is 6.08. The zero-order chi connectivity index (χ0) is 8.97. The Morgan fingerprint density at radius 2 is 2.54 bits per heavy atom. The summed E-state index contributed by atoms with van der Waals surface area (Å²) in [5.74, 6) is 0. The monoisotopic (exact) mass is 215 g/mol. The van der Waals surface area contributed by atoms with Gasteiger partial charge in [0.2, 0.25) is 0 Å². The van der Waals surface area contributed by atoms with Crippen molar-refractivity contribution in [1.82, 2.24) is 5.32 Å². The van der Waals surface area contributed by atoms with Crippen molar-refractivity contribution in [2.75, 3.05) is 0 Å². The van der Waals surface area contributed by atoms with Crippen LogP contribution in [0.3, 0.4) is 0 Å². The molecule has 1 aliphatic rings. The van der Waals surface area contributed by atoms with Crippen LogP contribution in [0.15, 0.2) is 30.5 Å². The van der Waals surface area contributed by atoms with E-state index in [1.54, 1.807) is 12.3 Å². The summed E-state index contributed by atoms with van der Waals surface area (Å²) in [4.78, 5) is 0. The fraction of sp³-hybridized carbons (Fsp3) is 0.400. The van der Waals surface area contributed by atoms with Crippen LogP contribution >= 0.6 is 0 Å². The maximum atomic E-state index is 9.57. The molecule has 0 saturated heterocycles. The van der Waals surface area contributed by atoms with E-state index in [0.29, 0.717) is 6.42 Å². The number of hydrogen-bond donors (Lipinski definition) is 2. The largest absolute Gasteiger partial charge is 0.415 e. The van der Waals surface area contributed by atoms with E-state index in [4.69, 9.17) is 0 Å². The number of hydrogen-bond acceptors (Lipinski definition) is 2. The van der Waals surface area contributed by atoms with Gasteiger partial charge in [0.05, 0.1) is 6.10 Å². The van der Waals surface area contributed by atoms with E-state index in [1.807, 2.05) is 13.0 Å². The summed E-state index contributed by atoms with van der Waals surface area (Å²) >= 11 is 0. The average Bonchev–Trinajstić information content (AvgIpc) is 2.05. The summed E-state index contributed by atoms with van der Waals surface area (Å²) in [5.41, 5.74) is 1.06. The Kier molecular flexibility index (Phi) is 5.88. The summed E-state index contributed by atoms with van der Waals surface area (Å²) in [6, 6.07) is 0.00394. The van der Waals surface area contributed by atoms with E-state index < -0.39 is 6.10 Å². The van der Waals surface area contributed by atoms with Gasteiger partial charge >= 0.3 is 0 Å². The Labute approximate surface area is 91.3 Å². The topological polar surface area (TPSA) is 32.3 Å². The van der Waals surface area contributed by atoms with Crippen LogP contribution in [0.25, 0.3) is 0 Å². The smallest absolute Gasteiger partial charge is 0.0654 e. The van der Waals surface area contributed by atoms with Gasteiger partial charge in [0.15, 0.2) is 0 Å². The van der Waals surface area contributed by atoms with Gasteiger partial charge in [0.25, 0.3) is 0 Å². The second-order valence-corrected chi connectivity index (χ2v) is 2.92. The minimum atomic E-state index is -0.393. The van der Waals surface area contributed by atoms with Gasteiger partial charge in [-0.15, -0.1) is 6.58 Å². The van der Waals surface area contributed by atoms with Crippen LogP contribution in [0.5, 0.6) is 0 Å². The van der Waals surface area contributed by atoms with E-state index in [2.05, 4.69) is 18.0 Å². The van der Waals surface area contributed by atoms with Crippen molar-refractivity contribution >= 4 is 0 Å². The minimum absolute atomic E-state index is 0. The van der Waals surface area contributed by atoms with E-state index in [0.717, 1.165) is 5.57 Å². The molecule has 71 valence electrons. The summed E-state index contributed by atoms with van der Waals surface area (Å²) in [7, 11) is 0. The van der Waals surface area contributed by atoms with Crippen LogP contribution in [-0.4, -0.2) is 17.3 Å². The molecule has 2 atom stereocenters. The number of aliphatic hydroxyl groups is 1. The fourth-order valence-corrected chi connectivity index (χ4v) is 1.16. The van der Waals surface area contributed by atoms with Gasteiger partial charge in [-0.3, -0.25) is 0 Å². The first kappa shape index (κ1) is 12.6. The van der Waals surface area contributed by atoms with Crippen molar-refractivity contribution in [3.05, 3.63) is 36.6 Å². The van der Waals surface area contributed by atoms with Crippen molar-refractivity contribution in [3.8, 4) is 0 Å². The predicted molar refractivity (Wildman–Crippen MR) is 49.3 cm³/mol.